The highest BCUT2D eigenvalue weighted by Gasteiger charge is 2.32. The lowest BCUT2D eigenvalue weighted by Gasteiger charge is -2.19. The fraction of sp³-hybridized carbons (Fsp3) is 0.190. The Bertz CT molecular complexity index is 960. The molecule has 28 heavy (non-hydrogen) atoms. The molecule has 0 aliphatic carbocycles. The summed E-state index contributed by atoms with van der Waals surface area (Å²) in [5.74, 6) is -1.09. The zero-order valence-electron chi connectivity index (χ0n) is 15.8. The number of amidine groups is 1. The molecule has 1 amide bonds. The Morgan fingerprint density at radius 2 is 1.82 bits per heavy atom. The van der Waals surface area contributed by atoms with Crippen molar-refractivity contribution < 1.29 is 19.4 Å². The predicted octanol–water partition coefficient (Wildman–Crippen LogP) is 2.54. The minimum absolute atomic E-state index is 0.241. The molecule has 0 unspecified atom stereocenters. The van der Waals surface area contributed by atoms with Crippen LogP contribution in [0.3, 0.4) is 0 Å². The molecule has 0 saturated heterocycles. The van der Waals surface area contributed by atoms with Gasteiger partial charge in [-0.2, -0.15) is 0 Å². The van der Waals surface area contributed by atoms with Crippen LogP contribution in [0, 0.1) is 13.8 Å². The van der Waals surface area contributed by atoms with Crippen molar-refractivity contribution in [2.24, 2.45) is 4.99 Å². The molecule has 0 fully saturated rings. The molecule has 0 radical (unpaired) electrons. The average Bonchev–Trinajstić information content (AvgIpc) is 2.95. The number of methoxy groups -OCH3 is 1. The highest BCUT2D eigenvalue weighted by atomic mass is 32.2. The van der Waals surface area contributed by atoms with Crippen LogP contribution in [0.1, 0.15) is 16.7 Å². The Morgan fingerprint density at radius 3 is 2.39 bits per heavy atom. The summed E-state index contributed by atoms with van der Waals surface area (Å²) in [7, 11) is 1.58. The number of aliphatic carboxylic acids is 1. The van der Waals surface area contributed by atoms with E-state index in [9.17, 15) is 14.7 Å². The maximum atomic E-state index is 13.1. The number of thioether (sulfide) groups is 1. The van der Waals surface area contributed by atoms with Gasteiger partial charge in [-0.15, -0.1) is 0 Å². The topological polar surface area (TPSA) is 82.0 Å². The summed E-state index contributed by atoms with van der Waals surface area (Å²) in [6.07, 6.45) is 1.67. The average molecular weight is 395 g/mol. The van der Waals surface area contributed by atoms with Crippen LogP contribution in [0.5, 0.6) is 5.75 Å². The second-order valence-electron chi connectivity index (χ2n) is 6.34. The smallest absolute Gasteiger partial charge is 0.283 e. The molecule has 0 saturated carbocycles. The van der Waals surface area contributed by atoms with Gasteiger partial charge in [0.2, 0.25) is 0 Å². The van der Waals surface area contributed by atoms with Crippen LogP contribution in [-0.2, 0) is 9.59 Å². The van der Waals surface area contributed by atoms with E-state index < -0.39 is 5.97 Å². The van der Waals surface area contributed by atoms with Crippen LogP contribution >= 0.6 is 11.8 Å². The molecule has 0 atom stereocenters. The molecule has 3 rings (SSSR count). The molecule has 1 aliphatic heterocycles. The maximum Gasteiger partial charge on any atom is 0.283 e. The molecule has 1 heterocycles. The second kappa shape index (κ2) is 8.31. The third-order valence-corrected chi connectivity index (χ3v) is 4.94. The molecule has 7 heteroatoms. The number of aryl methyl sites for hydroxylation is 2. The number of carbonyl (C=O) groups is 2. The molecule has 144 valence electrons. The fourth-order valence-corrected chi connectivity index (χ4v) is 3.61. The highest BCUT2D eigenvalue weighted by molar-refractivity contribution is 8.14. The molecule has 6 nitrogen and oxygen atoms in total. The Balaban J connectivity index is 1.99. The number of benzene rings is 2. The number of carbonyl (C=O) groups excluding carboxylic acids is 2. The summed E-state index contributed by atoms with van der Waals surface area (Å²) in [4.78, 5) is 29.8. The van der Waals surface area contributed by atoms with E-state index in [4.69, 9.17) is 4.74 Å². The van der Waals surface area contributed by atoms with Crippen LogP contribution in [-0.4, -0.2) is 29.9 Å². The number of carboxylic acid groups (broad SMARTS) is 1. The first-order valence-electron chi connectivity index (χ1n) is 8.57. The molecule has 0 bridgehead atoms. The Hall–Kier alpha value is -3.06. The lowest BCUT2D eigenvalue weighted by Crippen LogP contribution is -2.32. The number of carboxylic acids is 1. The molecule has 0 spiro atoms. The number of aliphatic imine (C=N–C) groups is 1. The van der Waals surface area contributed by atoms with E-state index in [0.29, 0.717) is 16.6 Å². The molecule has 0 aromatic heterocycles. The van der Waals surface area contributed by atoms with Crippen LogP contribution in [0.4, 0.5) is 5.69 Å². The van der Waals surface area contributed by atoms with E-state index in [2.05, 4.69) is 4.99 Å². The van der Waals surface area contributed by atoms with Gasteiger partial charge in [0.05, 0.1) is 18.8 Å². The van der Waals surface area contributed by atoms with E-state index in [1.54, 1.807) is 25.3 Å². The van der Waals surface area contributed by atoms with E-state index in [1.165, 1.54) is 4.90 Å². The van der Waals surface area contributed by atoms with E-state index in [0.717, 1.165) is 28.5 Å². The molecule has 0 N–H and O–H groups in total. The van der Waals surface area contributed by atoms with Crippen LogP contribution in [0.25, 0.3) is 6.08 Å². The number of amides is 1. The zero-order chi connectivity index (χ0) is 20.3. The van der Waals surface area contributed by atoms with Crippen molar-refractivity contribution in [3.63, 3.8) is 0 Å². The van der Waals surface area contributed by atoms with Crippen molar-refractivity contribution in [2.45, 2.75) is 13.8 Å². The summed E-state index contributed by atoms with van der Waals surface area (Å²) in [5.41, 5.74) is 3.69. The van der Waals surface area contributed by atoms with Crippen LogP contribution in [0.2, 0.25) is 0 Å². The number of hydrogen-bond acceptors (Lipinski definition) is 6. The lowest BCUT2D eigenvalue weighted by atomic mass is 10.1. The third kappa shape index (κ3) is 4.43. The summed E-state index contributed by atoms with van der Waals surface area (Å²) in [5, 5.41) is 11.2. The summed E-state index contributed by atoms with van der Waals surface area (Å²) >= 11 is 0.963. The Kier molecular flexibility index (Phi) is 5.84. The largest absolute Gasteiger partial charge is 0.549 e. The minimum atomic E-state index is -1.21. The van der Waals surface area contributed by atoms with Gasteiger partial charge in [0, 0.05) is 5.75 Å². The standard InChI is InChI=1S/C21H20N2O4S/c1-13-8-14(2)10-16(9-13)23-20(26)18(22-21(23)28-12-19(24)25)11-15-4-6-17(27-3)7-5-15/h4-11H,12H2,1-3H3,(H,24,25)/p-1/b18-11-. The molecular formula is C21H19N2O4S-. The molecular weight excluding hydrogens is 376 g/mol. The predicted molar refractivity (Wildman–Crippen MR) is 109 cm³/mol. The number of rotatable bonds is 5. The van der Waals surface area contributed by atoms with Crippen molar-refractivity contribution >= 4 is 40.6 Å². The fourth-order valence-electron chi connectivity index (χ4n) is 2.88. The third-order valence-electron chi connectivity index (χ3n) is 4.03. The molecule has 2 aromatic carbocycles. The van der Waals surface area contributed by atoms with Crippen molar-refractivity contribution in [3.05, 3.63) is 64.9 Å². The normalized spacial score (nSPS) is 15.1. The minimum Gasteiger partial charge on any atom is -0.549 e. The van der Waals surface area contributed by atoms with Crippen molar-refractivity contribution in [2.75, 3.05) is 17.8 Å². The van der Waals surface area contributed by atoms with Gasteiger partial charge in [-0.3, -0.25) is 9.69 Å². The van der Waals surface area contributed by atoms with E-state index in [-0.39, 0.29) is 17.4 Å². The van der Waals surface area contributed by atoms with Crippen molar-refractivity contribution in [1.82, 2.24) is 0 Å². The first-order chi connectivity index (χ1) is 13.4. The molecule has 1 aliphatic rings. The van der Waals surface area contributed by atoms with Crippen LogP contribution < -0.4 is 14.7 Å². The van der Waals surface area contributed by atoms with Gasteiger partial charge in [-0.05, 0) is 60.9 Å². The number of hydrogen-bond donors (Lipinski definition) is 0. The van der Waals surface area contributed by atoms with Crippen LogP contribution in [0.15, 0.2) is 53.2 Å². The number of ether oxygens (including phenoxy) is 1. The molecule has 2 aromatic rings. The zero-order valence-corrected chi connectivity index (χ0v) is 16.6. The Morgan fingerprint density at radius 1 is 1.18 bits per heavy atom. The van der Waals surface area contributed by atoms with Gasteiger partial charge in [0.25, 0.3) is 5.91 Å². The van der Waals surface area contributed by atoms with Gasteiger partial charge < -0.3 is 14.6 Å². The maximum absolute atomic E-state index is 13.1. The lowest BCUT2D eigenvalue weighted by molar-refractivity contribution is -0.301. The van der Waals surface area contributed by atoms with Crippen molar-refractivity contribution in [3.8, 4) is 5.75 Å². The van der Waals surface area contributed by atoms with Gasteiger partial charge >= 0.3 is 0 Å². The Labute approximate surface area is 167 Å². The SMILES string of the molecule is COc1ccc(/C=C2\N=C(SCC(=O)[O-])N(c3cc(C)cc(C)c3)C2=O)cc1. The summed E-state index contributed by atoms with van der Waals surface area (Å²) in [6.45, 7) is 3.88. The van der Waals surface area contributed by atoms with E-state index in [1.807, 2.05) is 44.2 Å². The van der Waals surface area contributed by atoms with Crippen molar-refractivity contribution in [1.29, 1.82) is 0 Å². The number of nitrogens with zero attached hydrogens (tertiary/aromatic N) is 2. The van der Waals surface area contributed by atoms with E-state index >= 15 is 0 Å². The highest BCUT2D eigenvalue weighted by Crippen LogP contribution is 2.30. The summed E-state index contributed by atoms with van der Waals surface area (Å²) < 4.78 is 5.14. The van der Waals surface area contributed by atoms with Gasteiger partial charge in [0.15, 0.2) is 5.17 Å². The monoisotopic (exact) mass is 395 g/mol. The van der Waals surface area contributed by atoms with Gasteiger partial charge in [0.1, 0.15) is 11.4 Å². The van der Waals surface area contributed by atoms with Gasteiger partial charge in [-0.1, -0.05) is 30.0 Å². The first-order valence-corrected chi connectivity index (χ1v) is 9.56. The summed E-state index contributed by atoms with van der Waals surface area (Å²) in [6, 6.07) is 13.0. The first kappa shape index (κ1) is 19.7. The van der Waals surface area contributed by atoms with Gasteiger partial charge in [-0.25, -0.2) is 4.99 Å². The quantitative estimate of drug-likeness (QED) is 0.727. The second-order valence-corrected chi connectivity index (χ2v) is 7.29. The number of anilines is 1.